The number of hydrogen-bond donors (Lipinski definition) is 1. The first-order chi connectivity index (χ1) is 8.24. The highest BCUT2D eigenvalue weighted by Crippen LogP contribution is 2.09. The number of likely N-dealkylation sites (N-methyl/N-ethyl adjacent to an activating group) is 1. The summed E-state index contributed by atoms with van der Waals surface area (Å²) in [7, 11) is 4.26. The lowest BCUT2D eigenvalue weighted by Gasteiger charge is -2.25. The Morgan fingerprint density at radius 1 is 1.53 bits per heavy atom. The molecule has 0 bridgehead atoms. The highest BCUT2D eigenvalue weighted by Gasteiger charge is 2.18. The molecule has 2 rings (SSSR count). The maximum atomic E-state index is 5.42. The summed E-state index contributed by atoms with van der Waals surface area (Å²) in [5.41, 5.74) is 0. The van der Waals surface area contributed by atoms with Crippen LogP contribution in [-0.2, 0) is 6.54 Å². The van der Waals surface area contributed by atoms with Crippen LogP contribution in [0.5, 0.6) is 0 Å². The van der Waals surface area contributed by atoms with Crippen LogP contribution in [0.1, 0.15) is 12.2 Å². The SMILES string of the molecule is CN(C)CC1CN(Cc2ccco2)CCCN1. The van der Waals surface area contributed by atoms with Crippen LogP contribution in [0.3, 0.4) is 0 Å². The Hall–Kier alpha value is -0.840. The molecule has 0 aromatic carbocycles. The molecule has 1 N–H and O–H groups in total. The number of rotatable bonds is 4. The zero-order chi connectivity index (χ0) is 12.1. The Morgan fingerprint density at radius 3 is 3.12 bits per heavy atom. The lowest BCUT2D eigenvalue weighted by molar-refractivity contribution is 0.221. The molecule has 1 aliphatic rings. The average molecular weight is 237 g/mol. The van der Waals surface area contributed by atoms with Crippen molar-refractivity contribution in [3.63, 3.8) is 0 Å². The smallest absolute Gasteiger partial charge is 0.117 e. The van der Waals surface area contributed by atoms with Gasteiger partial charge in [-0.3, -0.25) is 4.90 Å². The highest BCUT2D eigenvalue weighted by atomic mass is 16.3. The maximum Gasteiger partial charge on any atom is 0.117 e. The zero-order valence-corrected chi connectivity index (χ0v) is 10.9. The lowest BCUT2D eigenvalue weighted by Crippen LogP contribution is -2.43. The Balaban J connectivity index is 1.88. The molecule has 96 valence electrons. The summed E-state index contributed by atoms with van der Waals surface area (Å²) in [6, 6.07) is 4.57. The molecule has 1 aromatic heterocycles. The van der Waals surface area contributed by atoms with Crippen molar-refractivity contribution in [3.05, 3.63) is 24.2 Å². The van der Waals surface area contributed by atoms with Gasteiger partial charge in [-0.15, -0.1) is 0 Å². The zero-order valence-electron chi connectivity index (χ0n) is 10.9. The predicted octanol–water partition coefficient (Wildman–Crippen LogP) is 1.01. The van der Waals surface area contributed by atoms with Gasteiger partial charge in [0.05, 0.1) is 12.8 Å². The third-order valence-electron chi connectivity index (χ3n) is 3.11. The van der Waals surface area contributed by atoms with Gasteiger partial charge in [0.1, 0.15) is 5.76 Å². The number of nitrogens with zero attached hydrogens (tertiary/aromatic N) is 2. The summed E-state index contributed by atoms with van der Waals surface area (Å²) in [6.45, 7) is 5.39. The van der Waals surface area contributed by atoms with Crippen LogP contribution in [-0.4, -0.2) is 56.1 Å². The van der Waals surface area contributed by atoms with Gasteiger partial charge in [-0.05, 0) is 45.7 Å². The second-order valence-corrected chi connectivity index (χ2v) is 5.08. The van der Waals surface area contributed by atoms with Gasteiger partial charge in [0.2, 0.25) is 0 Å². The molecular formula is C13H23N3O. The molecule has 2 heterocycles. The van der Waals surface area contributed by atoms with Crippen LogP contribution in [0.4, 0.5) is 0 Å². The normalized spacial score (nSPS) is 22.9. The molecule has 1 saturated heterocycles. The summed E-state index contributed by atoms with van der Waals surface area (Å²) in [5.74, 6) is 1.07. The van der Waals surface area contributed by atoms with Crippen LogP contribution in [0.2, 0.25) is 0 Å². The Labute approximate surface area is 104 Å². The largest absolute Gasteiger partial charge is 0.468 e. The van der Waals surface area contributed by atoms with E-state index in [4.69, 9.17) is 4.42 Å². The maximum absolute atomic E-state index is 5.42. The first-order valence-electron chi connectivity index (χ1n) is 6.37. The van der Waals surface area contributed by atoms with E-state index in [1.54, 1.807) is 6.26 Å². The Bertz CT molecular complexity index is 310. The van der Waals surface area contributed by atoms with E-state index in [0.29, 0.717) is 6.04 Å². The van der Waals surface area contributed by atoms with E-state index in [0.717, 1.165) is 38.5 Å². The van der Waals surface area contributed by atoms with Crippen LogP contribution < -0.4 is 5.32 Å². The molecule has 1 unspecified atom stereocenters. The van der Waals surface area contributed by atoms with Crippen molar-refractivity contribution in [3.8, 4) is 0 Å². The third kappa shape index (κ3) is 4.15. The average Bonchev–Trinajstić information content (AvgIpc) is 2.66. The van der Waals surface area contributed by atoms with Crippen molar-refractivity contribution in [1.29, 1.82) is 0 Å². The number of furan rings is 1. The second-order valence-electron chi connectivity index (χ2n) is 5.08. The Morgan fingerprint density at radius 2 is 2.41 bits per heavy atom. The van der Waals surface area contributed by atoms with E-state index in [1.165, 1.54) is 6.42 Å². The summed E-state index contributed by atoms with van der Waals surface area (Å²) in [6.07, 6.45) is 2.97. The molecular weight excluding hydrogens is 214 g/mol. The van der Waals surface area contributed by atoms with Crippen molar-refractivity contribution in [2.75, 3.05) is 40.3 Å². The minimum absolute atomic E-state index is 0.558. The first kappa shape index (κ1) is 12.6. The molecule has 1 aromatic rings. The quantitative estimate of drug-likeness (QED) is 0.847. The minimum Gasteiger partial charge on any atom is -0.468 e. The lowest BCUT2D eigenvalue weighted by atomic mass is 10.2. The van der Waals surface area contributed by atoms with Crippen LogP contribution in [0.15, 0.2) is 22.8 Å². The summed E-state index contributed by atoms with van der Waals surface area (Å²) in [4.78, 5) is 4.72. The van der Waals surface area contributed by atoms with Gasteiger partial charge in [0, 0.05) is 19.1 Å². The molecule has 0 radical (unpaired) electrons. The van der Waals surface area contributed by atoms with Gasteiger partial charge in [-0.2, -0.15) is 0 Å². The fourth-order valence-electron chi connectivity index (χ4n) is 2.41. The van der Waals surface area contributed by atoms with Gasteiger partial charge in [-0.1, -0.05) is 0 Å². The first-order valence-corrected chi connectivity index (χ1v) is 6.37. The summed E-state index contributed by atoms with van der Waals surface area (Å²) < 4.78 is 5.42. The summed E-state index contributed by atoms with van der Waals surface area (Å²) in [5, 5.41) is 3.61. The fraction of sp³-hybridized carbons (Fsp3) is 0.692. The van der Waals surface area contributed by atoms with Crippen molar-refractivity contribution in [2.45, 2.75) is 19.0 Å². The topological polar surface area (TPSA) is 31.6 Å². The van der Waals surface area contributed by atoms with Crippen molar-refractivity contribution < 1.29 is 4.42 Å². The van der Waals surface area contributed by atoms with Crippen LogP contribution in [0, 0.1) is 0 Å². The monoisotopic (exact) mass is 237 g/mol. The molecule has 17 heavy (non-hydrogen) atoms. The molecule has 1 atom stereocenters. The predicted molar refractivity (Wildman–Crippen MR) is 68.9 cm³/mol. The molecule has 1 fully saturated rings. The number of hydrogen-bond acceptors (Lipinski definition) is 4. The molecule has 0 spiro atoms. The van der Waals surface area contributed by atoms with Crippen LogP contribution >= 0.6 is 0 Å². The standard InChI is InChI=1S/C13H23N3O/c1-15(2)9-12-10-16(7-4-6-14-12)11-13-5-3-8-17-13/h3,5,8,12,14H,4,6-7,9-11H2,1-2H3. The summed E-state index contributed by atoms with van der Waals surface area (Å²) >= 11 is 0. The van der Waals surface area contributed by atoms with Gasteiger partial charge in [-0.25, -0.2) is 0 Å². The van der Waals surface area contributed by atoms with Crippen molar-refractivity contribution in [1.82, 2.24) is 15.1 Å². The molecule has 4 nitrogen and oxygen atoms in total. The van der Waals surface area contributed by atoms with E-state index in [9.17, 15) is 0 Å². The molecule has 0 amide bonds. The van der Waals surface area contributed by atoms with E-state index in [-0.39, 0.29) is 0 Å². The minimum atomic E-state index is 0.558. The second kappa shape index (κ2) is 6.19. The van der Waals surface area contributed by atoms with Gasteiger partial charge >= 0.3 is 0 Å². The fourth-order valence-corrected chi connectivity index (χ4v) is 2.41. The molecule has 4 heteroatoms. The molecule has 0 saturated carbocycles. The van der Waals surface area contributed by atoms with Crippen molar-refractivity contribution in [2.24, 2.45) is 0 Å². The number of nitrogens with one attached hydrogen (secondary N) is 1. The third-order valence-corrected chi connectivity index (χ3v) is 3.11. The van der Waals surface area contributed by atoms with E-state index in [1.807, 2.05) is 6.07 Å². The van der Waals surface area contributed by atoms with Crippen molar-refractivity contribution >= 4 is 0 Å². The van der Waals surface area contributed by atoms with E-state index in [2.05, 4.69) is 35.3 Å². The van der Waals surface area contributed by atoms with Gasteiger partial charge in [0.15, 0.2) is 0 Å². The van der Waals surface area contributed by atoms with Gasteiger partial charge < -0.3 is 14.6 Å². The molecule has 1 aliphatic heterocycles. The Kier molecular flexibility index (Phi) is 4.59. The highest BCUT2D eigenvalue weighted by molar-refractivity contribution is 4.98. The van der Waals surface area contributed by atoms with Gasteiger partial charge in [0.25, 0.3) is 0 Å². The van der Waals surface area contributed by atoms with E-state index < -0.39 is 0 Å². The van der Waals surface area contributed by atoms with E-state index >= 15 is 0 Å². The van der Waals surface area contributed by atoms with Crippen LogP contribution in [0.25, 0.3) is 0 Å². The molecule has 0 aliphatic carbocycles.